The number of rotatable bonds is 5. The van der Waals surface area contributed by atoms with Gasteiger partial charge < -0.3 is 15.2 Å². The molecule has 0 bridgehead atoms. The summed E-state index contributed by atoms with van der Waals surface area (Å²) in [7, 11) is 0. The molecule has 2 heterocycles. The summed E-state index contributed by atoms with van der Waals surface area (Å²) >= 11 is 1.47. The van der Waals surface area contributed by atoms with Crippen molar-refractivity contribution < 1.29 is 9.47 Å². The van der Waals surface area contributed by atoms with Crippen LogP contribution in [0.15, 0.2) is 42.6 Å². The monoisotopic (exact) mass is 287 g/mol. The van der Waals surface area contributed by atoms with E-state index in [2.05, 4.69) is 9.97 Å². The van der Waals surface area contributed by atoms with E-state index in [9.17, 15) is 0 Å². The van der Waals surface area contributed by atoms with Crippen LogP contribution in [0.5, 0.6) is 16.7 Å². The predicted octanol–water partition coefficient (Wildman–Crippen LogP) is 2.82. The second-order valence-electron chi connectivity index (χ2n) is 4.02. The quantitative estimate of drug-likeness (QED) is 0.781. The number of pyridine rings is 1. The van der Waals surface area contributed by atoms with Crippen LogP contribution in [0, 0.1) is 0 Å². The molecule has 0 radical (unpaired) electrons. The topological polar surface area (TPSA) is 70.3 Å². The average molecular weight is 287 g/mol. The lowest BCUT2D eigenvalue weighted by Gasteiger charge is -2.05. The van der Waals surface area contributed by atoms with Crippen molar-refractivity contribution in [2.45, 2.75) is 0 Å². The molecule has 5 nitrogen and oxygen atoms in total. The lowest BCUT2D eigenvalue weighted by atomic mass is 10.3. The van der Waals surface area contributed by atoms with E-state index in [1.165, 1.54) is 11.3 Å². The number of nitrogens with two attached hydrogens (primary N) is 1. The zero-order chi connectivity index (χ0) is 13.8. The number of thiazole rings is 1. The number of fused-ring (bicyclic) bond motifs is 1. The fraction of sp³-hybridized carbons (Fsp3) is 0.143. The van der Waals surface area contributed by atoms with Crippen molar-refractivity contribution in [2.75, 3.05) is 13.2 Å². The minimum atomic E-state index is 0.497. The molecule has 2 aromatic heterocycles. The first-order chi connectivity index (χ1) is 9.85. The van der Waals surface area contributed by atoms with Crippen molar-refractivity contribution >= 4 is 21.7 Å². The van der Waals surface area contributed by atoms with Crippen molar-refractivity contribution in [2.24, 2.45) is 5.73 Å². The smallest absolute Gasteiger partial charge is 0.281 e. The molecule has 0 amide bonds. The minimum Gasteiger partial charge on any atom is -0.492 e. The average Bonchev–Trinajstić information content (AvgIpc) is 2.89. The van der Waals surface area contributed by atoms with Crippen molar-refractivity contribution in [3.63, 3.8) is 0 Å². The standard InChI is InChI=1S/C14H13N3O2S/c15-7-9-18-10-3-5-11(6-4-10)19-14-17-13-12(20-14)2-1-8-16-13/h1-6,8H,7,9,15H2. The Hall–Kier alpha value is -2.18. The van der Waals surface area contributed by atoms with Gasteiger partial charge in [-0.1, -0.05) is 11.3 Å². The van der Waals surface area contributed by atoms with E-state index < -0.39 is 0 Å². The van der Waals surface area contributed by atoms with Gasteiger partial charge in [0.05, 0.1) is 4.70 Å². The van der Waals surface area contributed by atoms with Crippen molar-refractivity contribution in [1.29, 1.82) is 0 Å². The van der Waals surface area contributed by atoms with E-state index in [0.29, 0.717) is 29.7 Å². The highest BCUT2D eigenvalue weighted by Gasteiger charge is 2.06. The zero-order valence-electron chi connectivity index (χ0n) is 10.7. The van der Waals surface area contributed by atoms with Gasteiger partial charge in [0.2, 0.25) is 0 Å². The first kappa shape index (κ1) is 12.8. The molecular weight excluding hydrogens is 274 g/mol. The molecule has 20 heavy (non-hydrogen) atoms. The second kappa shape index (κ2) is 5.85. The van der Waals surface area contributed by atoms with Crippen LogP contribution in [-0.2, 0) is 0 Å². The van der Waals surface area contributed by atoms with E-state index in [1.54, 1.807) is 6.20 Å². The number of aromatic nitrogens is 2. The summed E-state index contributed by atoms with van der Waals surface area (Å²) in [5, 5.41) is 0.578. The molecule has 0 spiro atoms. The van der Waals surface area contributed by atoms with E-state index >= 15 is 0 Å². The molecule has 102 valence electrons. The van der Waals surface area contributed by atoms with Crippen LogP contribution in [0.2, 0.25) is 0 Å². The lowest BCUT2D eigenvalue weighted by molar-refractivity contribution is 0.328. The third-order valence-corrected chi connectivity index (χ3v) is 3.45. The number of benzene rings is 1. The Bertz CT molecular complexity index is 664. The van der Waals surface area contributed by atoms with Crippen LogP contribution < -0.4 is 15.2 Å². The Morgan fingerprint density at radius 2 is 1.90 bits per heavy atom. The third-order valence-electron chi connectivity index (χ3n) is 2.56. The highest BCUT2D eigenvalue weighted by atomic mass is 32.1. The van der Waals surface area contributed by atoms with E-state index in [1.807, 2.05) is 36.4 Å². The molecule has 3 rings (SSSR count). The van der Waals surface area contributed by atoms with Crippen LogP contribution in [0.4, 0.5) is 0 Å². The van der Waals surface area contributed by atoms with Crippen LogP contribution in [0.25, 0.3) is 10.3 Å². The van der Waals surface area contributed by atoms with Crippen molar-refractivity contribution in [1.82, 2.24) is 9.97 Å². The molecule has 3 aromatic rings. The van der Waals surface area contributed by atoms with Gasteiger partial charge in [-0.25, -0.2) is 4.98 Å². The zero-order valence-corrected chi connectivity index (χ0v) is 11.5. The number of hydrogen-bond acceptors (Lipinski definition) is 6. The molecule has 6 heteroatoms. The van der Waals surface area contributed by atoms with E-state index in [-0.39, 0.29) is 0 Å². The van der Waals surface area contributed by atoms with Gasteiger partial charge in [0.15, 0.2) is 5.65 Å². The fourth-order valence-corrected chi connectivity index (χ4v) is 2.47. The second-order valence-corrected chi connectivity index (χ2v) is 5.01. The summed E-state index contributed by atoms with van der Waals surface area (Å²) in [6.07, 6.45) is 1.72. The predicted molar refractivity (Wildman–Crippen MR) is 78.5 cm³/mol. The largest absolute Gasteiger partial charge is 0.492 e. The van der Waals surface area contributed by atoms with Crippen LogP contribution in [0.3, 0.4) is 0 Å². The summed E-state index contributed by atoms with van der Waals surface area (Å²) in [6, 6.07) is 11.2. The molecule has 0 aliphatic heterocycles. The Balaban J connectivity index is 1.73. The van der Waals surface area contributed by atoms with E-state index in [0.717, 1.165) is 10.4 Å². The molecule has 0 unspecified atom stereocenters. The summed E-state index contributed by atoms with van der Waals surface area (Å²) < 4.78 is 12.1. The normalized spacial score (nSPS) is 10.7. The molecule has 0 atom stereocenters. The molecule has 0 aliphatic carbocycles. The number of nitrogens with zero attached hydrogens (tertiary/aromatic N) is 2. The highest BCUT2D eigenvalue weighted by Crippen LogP contribution is 2.30. The van der Waals surface area contributed by atoms with Gasteiger partial charge in [-0.2, -0.15) is 4.98 Å². The van der Waals surface area contributed by atoms with Gasteiger partial charge >= 0.3 is 0 Å². The Kier molecular flexibility index (Phi) is 3.76. The molecule has 1 aromatic carbocycles. The third kappa shape index (κ3) is 2.87. The van der Waals surface area contributed by atoms with Gasteiger partial charge in [-0.05, 0) is 36.4 Å². The molecule has 0 aliphatic rings. The Morgan fingerprint density at radius 3 is 2.65 bits per heavy atom. The SMILES string of the molecule is NCCOc1ccc(Oc2nc3ncccc3s2)cc1. The van der Waals surface area contributed by atoms with E-state index in [4.69, 9.17) is 15.2 Å². The molecule has 0 saturated carbocycles. The molecule has 0 fully saturated rings. The molecule has 0 saturated heterocycles. The minimum absolute atomic E-state index is 0.497. The van der Waals surface area contributed by atoms with Crippen molar-refractivity contribution in [3.05, 3.63) is 42.6 Å². The van der Waals surface area contributed by atoms with Crippen LogP contribution >= 0.6 is 11.3 Å². The lowest BCUT2D eigenvalue weighted by Crippen LogP contribution is -2.10. The summed E-state index contributed by atoms with van der Waals surface area (Å²) in [5.41, 5.74) is 6.09. The van der Waals surface area contributed by atoms with Crippen LogP contribution in [0.1, 0.15) is 0 Å². The van der Waals surface area contributed by atoms with Gasteiger partial charge in [-0.15, -0.1) is 0 Å². The summed E-state index contributed by atoms with van der Waals surface area (Å²) in [5.74, 6) is 1.48. The number of hydrogen-bond donors (Lipinski definition) is 1. The highest BCUT2D eigenvalue weighted by molar-refractivity contribution is 7.20. The van der Waals surface area contributed by atoms with Crippen molar-refractivity contribution in [3.8, 4) is 16.7 Å². The fourth-order valence-electron chi connectivity index (χ4n) is 1.67. The van der Waals surface area contributed by atoms with Crippen LogP contribution in [-0.4, -0.2) is 23.1 Å². The Morgan fingerprint density at radius 1 is 1.10 bits per heavy atom. The van der Waals surface area contributed by atoms with Gasteiger partial charge in [0, 0.05) is 12.7 Å². The first-order valence-corrected chi connectivity index (χ1v) is 6.99. The molecule has 2 N–H and O–H groups in total. The van der Waals surface area contributed by atoms with Gasteiger partial charge in [0.25, 0.3) is 5.19 Å². The maximum atomic E-state index is 5.71. The molecular formula is C14H13N3O2S. The first-order valence-electron chi connectivity index (χ1n) is 6.17. The number of ether oxygens (including phenoxy) is 2. The van der Waals surface area contributed by atoms with Gasteiger partial charge in [-0.3, -0.25) is 0 Å². The Labute approximate surface area is 120 Å². The maximum absolute atomic E-state index is 5.71. The van der Waals surface area contributed by atoms with Gasteiger partial charge in [0.1, 0.15) is 18.1 Å². The summed E-state index contributed by atoms with van der Waals surface area (Å²) in [6.45, 7) is 1.00. The maximum Gasteiger partial charge on any atom is 0.281 e. The summed E-state index contributed by atoms with van der Waals surface area (Å²) in [4.78, 5) is 8.50.